The highest BCUT2D eigenvalue weighted by atomic mass is 16.6. The van der Waals surface area contributed by atoms with Crippen LogP contribution in [0.1, 0.15) is 31.9 Å². The first-order chi connectivity index (χ1) is 10.1. The summed E-state index contributed by atoms with van der Waals surface area (Å²) in [6.45, 7) is 7.05. The number of aryl methyl sites for hydroxylation is 1. The topological polar surface area (TPSA) is 84.9 Å². The first kappa shape index (κ1) is 17.8. The quantitative estimate of drug-likeness (QED) is 0.873. The van der Waals surface area contributed by atoms with Gasteiger partial charge in [-0.2, -0.15) is 0 Å². The predicted octanol–water partition coefficient (Wildman–Crippen LogP) is 2.52. The molecule has 0 radical (unpaired) electrons. The molecule has 22 heavy (non-hydrogen) atoms. The number of ether oxygens (including phenoxy) is 2. The second-order valence-electron chi connectivity index (χ2n) is 6.05. The van der Waals surface area contributed by atoms with E-state index in [1.807, 2.05) is 19.1 Å². The van der Waals surface area contributed by atoms with Gasteiger partial charge in [0.2, 0.25) is 0 Å². The van der Waals surface area contributed by atoms with Crippen LogP contribution in [0.3, 0.4) is 0 Å². The fraction of sp³-hybridized carbons (Fsp3) is 0.500. The van der Waals surface area contributed by atoms with E-state index in [0.29, 0.717) is 5.75 Å². The van der Waals surface area contributed by atoms with Gasteiger partial charge in [0.1, 0.15) is 17.4 Å². The fourth-order valence-corrected chi connectivity index (χ4v) is 1.88. The van der Waals surface area contributed by atoms with E-state index in [0.717, 1.165) is 11.1 Å². The maximum atomic E-state index is 11.7. The van der Waals surface area contributed by atoms with Crippen LogP contribution in [0.5, 0.6) is 5.75 Å². The van der Waals surface area contributed by atoms with Crippen LogP contribution >= 0.6 is 0 Å². The maximum Gasteiger partial charge on any atom is 0.408 e. The van der Waals surface area contributed by atoms with Crippen molar-refractivity contribution in [1.82, 2.24) is 5.32 Å². The first-order valence-electron chi connectivity index (χ1n) is 6.98. The summed E-state index contributed by atoms with van der Waals surface area (Å²) >= 11 is 0. The molecule has 1 atom stereocenters. The van der Waals surface area contributed by atoms with E-state index in [1.165, 1.54) is 0 Å². The monoisotopic (exact) mass is 309 g/mol. The number of hydrogen-bond acceptors (Lipinski definition) is 4. The first-order valence-corrected chi connectivity index (χ1v) is 6.98. The Bertz CT molecular complexity index is 548. The zero-order chi connectivity index (χ0) is 16.9. The molecule has 0 aliphatic heterocycles. The van der Waals surface area contributed by atoms with E-state index < -0.39 is 23.7 Å². The largest absolute Gasteiger partial charge is 0.496 e. The summed E-state index contributed by atoms with van der Waals surface area (Å²) in [4.78, 5) is 23.0. The molecule has 0 saturated carbocycles. The second kappa shape index (κ2) is 7.15. The van der Waals surface area contributed by atoms with Gasteiger partial charge in [0.15, 0.2) is 0 Å². The van der Waals surface area contributed by atoms with Gasteiger partial charge in [-0.25, -0.2) is 9.59 Å². The van der Waals surface area contributed by atoms with Gasteiger partial charge in [-0.05, 0) is 44.9 Å². The molecule has 0 unspecified atom stereocenters. The van der Waals surface area contributed by atoms with Gasteiger partial charge < -0.3 is 19.9 Å². The van der Waals surface area contributed by atoms with Gasteiger partial charge in [0.25, 0.3) is 0 Å². The van der Waals surface area contributed by atoms with E-state index in [2.05, 4.69) is 5.32 Å². The average Bonchev–Trinajstić information content (AvgIpc) is 2.37. The van der Waals surface area contributed by atoms with Crippen LogP contribution in [-0.4, -0.2) is 35.9 Å². The molecule has 1 aromatic rings. The lowest BCUT2D eigenvalue weighted by Gasteiger charge is -2.22. The highest BCUT2D eigenvalue weighted by Crippen LogP contribution is 2.20. The van der Waals surface area contributed by atoms with Gasteiger partial charge in [0, 0.05) is 6.42 Å². The highest BCUT2D eigenvalue weighted by Gasteiger charge is 2.24. The molecule has 6 heteroatoms. The van der Waals surface area contributed by atoms with Crippen molar-refractivity contribution in [1.29, 1.82) is 0 Å². The van der Waals surface area contributed by atoms with E-state index in [1.54, 1.807) is 33.9 Å². The lowest BCUT2D eigenvalue weighted by molar-refractivity contribution is -0.139. The molecule has 0 bridgehead atoms. The van der Waals surface area contributed by atoms with Crippen LogP contribution in [-0.2, 0) is 16.0 Å². The van der Waals surface area contributed by atoms with Crippen molar-refractivity contribution in [2.75, 3.05) is 7.11 Å². The third-order valence-electron chi connectivity index (χ3n) is 2.90. The molecule has 0 saturated heterocycles. The van der Waals surface area contributed by atoms with Crippen molar-refractivity contribution in [2.24, 2.45) is 0 Å². The van der Waals surface area contributed by atoms with Gasteiger partial charge in [0.05, 0.1) is 7.11 Å². The summed E-state index contributed by atoms with van der Waals surface area (Å²) in [6, 6.07) is 4.36. The minimum Gasteiger partial charge on any atom is -0.496 e. The highest BCUT2D eigenvalue weighted by molar-refractivity contribution is 5.80. The molecule has 122 valence electrons. The summed E-state index contributed by atoms with van der Waals surface area (Å²) in [6.07, 6.45) is -0.607. The third kappa shape index (κ3) is 5.63. The van der Waals surface area contributed by atoms with Crippen molar-refractivity contribution in [3.05, 3.63) is 29.3 Å². The summed E-state index contributed by atoms with van der Waals surface area (Å²) < 4.78 is 10.3. The Balaban J connectivity index is 2.81. The van der Waals surface area contributed by atoms with Crippen molar-refractivity contribution in [3.8, 4) is 5.75 Å². The second-order valence-corrected chi connectivity index (χ2v) is 6.05. The normalized spacial score (nSPS) is 12.4. The summed E-state index contributed by atoms with van der Waals surface area (Å²) in [5, 5.41) is 11.6. The Morgan fingerprint density at radius 1 is 1.32 bits per heavy atom. The van der Waals surface area contributed by atoms with Crippen LogP contribution in [0.2, 0.25) is 0 Å². The van der Waals surface area contributed by atoms with E-state index in [-0.39, 0.29) is 6.42 Å². The number of carbonyl (C=O) groups excluding carboxylic acids is 1. The summed E-state index contributed by atoms with van der Waals surface area (Å²) in [7, 11) is 1.56. The number of hydrogen-bond donors (Lipinski definition) is 2. The minimum atomic E-state index is -1.12. The molecule has 0 aliphatic rings. The smallest absolute Gasteiger partial charge is 0.408 e. The minimum absolute atomic E-state index is 0.144. The fourth-order valence-electron chi connectivity index (χ4n) is 1.88. The van der Waals surface area contributed by atoms with Gasteiger partial charge >= 0.3 is 12.1 Å². The molecule has 0 spiro atoms. The van der Waals surface area contributed by atoms with Crippen molar-refractivity contribution in [2.45, 2.75) is 45.8 Å². The van der Waals surface area contributed by atoms with E-state index in [4.69, 9.17) is 9.47 Å². The molecule has 1 aromatic carbocycles. The van der Waals surface area contributed by atoms with Crippen LogP contribution in [0.4, 0.5) is 4.79 Å². The van der Waals surface area contributed by atoms with Crippen LogP contribution in [0.15, 0.2) is 18.2 Å². The lowest BCUT2D eigenvalue weighted by Crippen LogP contribution is -2.44. The summed E-state index contributed by atoms with van der Waals surface area (Å²) in [5.41, 5.74) is 1.03. The Kier molecular flexibility index (Phi) is 5.79. The number of amides is 1. The molecule has 1 amide bonds. The molecule has 0 aliphatic carbocycles. The Morgan fingerprint density at radius 2 is 1.95 bits per heavy atom. The zero-order valence-corrected chi connectivity index (χ0v) is 13.6. The number of carbonyl (C=O) groups is 2. The number of aliphatic carboxylic acids is 1. The van der Waals surface area contributed by atoms with Crippen LogP contribution < -0.4 is 10.1 Å². The number of benzene rings is 1. The number of carboxylic acid groups (broad SMARTS) is 1. The number of rotatable bonds is 5. The van der Waals surface area contributed by atoms with E-state index in [9.17, 15) is 14.7 Å². The maximum absolute atomic E-state index is 11.7. The number of carboxylic acids is 1. The van der Waals surface area contributed by atoms with Gasteiger partial charge in [-0.3, -0.25) is 0 Å². The molecule has 6 nitrogen and oxygen atoms in total. The Hall–Kier alpha value is -2.24. The number of methoxy groups -OCH3 is 1. The standard InChI is InChI=1S/C16H23NO5/c1-10-6-7-11(9-13(10)21-5)8-12(14(18)19)17-15(20)22-16(2,3)4/h6-7,9,12H,8H2,1-5H3,(H,17,20)(H,18,19)/t12-/m0/s1. The van der Waals surface area contributed by atoms with Crippen LogP contribution in [0.25, 0.3) is 0 Å². The molecule has 0 fully saturated rings. The molecule has 2 N–H and O–H groups in total. The molecular weight excluding hydrogens is 286 g/mol. The van der Waals surface area contributed by atoms with Crippen molar-refractivity contribution >= 4 is 12.1 Å². The van der Waals surface area contributed by atoms with Gasteiger partial charge in [-0.1, -0.05) is 12.1 Å². The average molecular weight is 309 g/mol. The predicted molar refractivity (Wildman–Crippen MR) is 82.2 cm³/mol. The number of nitrogens with one attached hydrogen (secondary N) is 1. The summed E-state index contributed by atoms with van der Waals surface area (Å²) in [5.74, 6) is -0.440. The SMILES string of the molecule is COc1cc(C[C@H](NC(=O)OC(C)(C)C)C(=O)O)ccc1C. The Labute approximate surface area is 130 Å². The van der Waals surface area contributed by atoms with Gasteiger partial charge in [-0.15, -0.1) is 0 Å². The van der Waals surface area contributed by atoms with Crippen molar-refractivity contribution in [3.63, 3.8) is 0 Å². The molecular formula is C16H23NO5. The van der Waals surface area contributed by atoms with Crippen molar-refractivity contribution < 1.29 is 24.2 Å². The van der Waals surface area contributed by atoms with Crippen LogP contribution in [0, 0.1) is 6.92 Å². The van der Waals surface area contributed by atoms with E-state index >= 15 is 0 Å². The third-order valence-corrected chi connectivity index (χ3v) is 2.90. The Morgan fingerprint density at radius 3 is 2.45 bits per heavy atom. The number of alkyl carbamates (subject to hydrolysis) is 1. The molecule has 0 aromatic heterocycles. The molecule has 0 heterocycles. The lowest BCUT2D eigenvalue weighted by atomic mass is 10.0. The zero-order valence-electron chi connectivity index (χ0n) is 13.6. The molecule has 1 rings (SSSR count).